The number of nitrogens with one attached hydrogen (secondary N) is 1. The van der Waals surface area contributed by atoms with Crippen LogP contribution in [0.2, 0.25) is 5.02 Å². The number of sulfonamides is 1. The van der Waals surface area contributed by atoms with Crippen LogP contribution in [0.15, 0.2) is 18.2 Å². The molecule has 1 saturated carbocycles. The third kappa shape index (κ3) is 5.84. The molecular weight excluding hydrogens is 400 g/mol. The topological polar surface area (TPSA) is 75.7 Å². The molecule has 156 valence electrons. The molecule has 8 heteroatoms. The number of halogens is 1. The van der Waals surface area contributed by atoms with Crippen LogP contribution < -0.4 is 10.1 Å². The van der Waals surface area contributed by atoms with Crippen LogP contribution in [0.3, 0.4) is 0 Å². The highest BCUT2D eigenvalue weighted by Crippen LogP contribution is 2.29. The second kappa shape index (κ2) is 9.46. The monoisotopic (exact) mass is 428 g/mol. The highest BCUT2D eigenvalue weighted by molar-refractivity contribution is 7.88. The van der Waals surface area contributed by atoms with E-state index in [9.17, 15) is 13.2 Å². The molecule has 1 amide bonds. The van der Waals surface area contributed by atoms with E-state index in [0.717, 1.165) is 25.7 Å². The Hall–Kier alpha value is -1.31. The van der Waals surface area contributed by atoms with Crippen LogP contribution in [0, 0.1) is 0 Å². The minimum Gasteiger partial charge on any atom is -0.489 e. The molecule has 1 aliphatic heterocycles. The van der Waals surface area contributed by atoms with Crippen molar-refractivity contribution in [3.8, 4) is 5.75 Å². The van der Waals surface area contributed by atoms with Crippen molar-refractivity contribution in [3.63, 3.8) is 0 Å². The van der Waals surface area contributed by atoms with E-state index in [1.165, 1.54) is 23.4 Å². The molecule has 1 aromatic carbocycles. The molecule has 0 spiro atoms. The summed E-state index contributed by atoms with van der Waals surface area (Å²) < 4.78 is 30.6. The van der Waals surface area contributed by atoms with Crippen molar-refractivity contribution in [2.75, 3.05) is 19.3 Å². The van der Waals surface area contributed by atoms with Crippen molar-refractivity contribution in [2.45, 2.75) is 63.5 Å². The predicted molar refractivity (Wildman–Crippen MR) is 110 cm³/mol. The van der Waals surface area contributed by atoms with Gasteiger partial charge in [0.1, 0.15) is 11.9 Å². The van der Waals surface area contributed by atoms with E-state index in [2.05, 4.69) is 5.32 Å². The van der Waals surface area contributed by atoms with Gasteiger partial charge in [-0.15, -0.1) is 0 Å². The Morgan fingerprint density at radius 2 is 1.75 bits per heavy atom. The summed E-state index contributed by atoms with van der Waals surface area (Å²) in [5.41, 5.74) is 0.536. The number of carbonyl (C=O) groups excluding carboxylic acids is 1. The molecule has 0 unspecified atom stereocenters. The maximum absolute atomic E-state index is 12.5. The lowest BCUT2D eigenvalue weighted by Gasteiger charge is -2.30. The van der Waals surface area contributed by atoms with Gasteiger partial charge in [0.15, 0.2) is 0 Å². The van der Waals surface area contributed by atoms with Crippen LogP contribution in [0.4, 0.5) is 0 Å². The molecule has 1 aliphatic carbocycles. The average molecular weight is 429 g/mol. The maximum Gasteiger partial charge on any atom is 0.251 e. The lowest BCUT2D eigenvalue weighted by atomic mass is 10.1. The molecule has 3 rings (SSSR count). The third-order valence-corrected chi connectivity index (χ3v) is 7.15. The predicted octanol–water partition coefficient (Wildman–Crippen LogP) is 3.60. The standard InChI is InChI=1S/C20H29ClN2O4S/c1-28(25,26)23-12-10-17(11-13-23)27-19-9-8-15(14-18(19)21)20(24)22-16-6-4-2-3-5-7-16/h8-9,14,16-17H,2-7,10-13H2,1H3,(H,22,24). The van der Waals surface area contributed by atoms with E-state index >= 15 is 0 Å². The molecule has 1 aromatic rings. The lowest BCUT2D eigenvalue weighted by molar-refractivity contribution is 0.0933. The van der Waals surface area contributed by atoms with E-state index < -0.39 is 10.0 Å². The van der Waals surface area contributed by atoms with Crippen molar-refractivity contribution in [1.82, 2.24) is 9.62 Å². The van der Waals surface area contributed by atoms with E-state index in [1.807, 2.05) is 0 Å². The van der Waals surface area contributed by atoms with Crippen molar-refractivity contribution in [3.05, 3.63) is 28.8 Å². The summed E-state index contributed by atoms with van der Waals surface area (Å²) in [6.45, 7) is 0.895. The van der Waals surface area contributed by atoms with Crippen molar-refractivity contribution in [1.29, 1.82) is 0 Å². The fourth-order valence-corrected chi connectivity index (χ4v) is 4.99. The van der Waals surface area contributed by atoms with Crippen molar-refractivity contribution < 1.29 is 17.9 Å². The molecule has 0 bridgehead atoms. The van der Waals surface area contributed by atoms with E-state index in [0.29, 0.717) is 42.3 Å². The van der Waals surface area contributed by atoms with Crippen LogP contribution in [0.25, 0.3) is 0 Å². The van der Waals surface area contributed by atoms with Crippen LogP contribution in [0.5, 0.6) is 5.75 Å². The molecular formula is C20H29ClN2O4S. The first kappa shape index (κ1) is 21.4. The molecule has 28 heavy (non-hydrogen) atoms. The summed E-state index contributed by atoms with van der Waals surface area (Å²) in [6, 6.07) is 5.35. The Morgan fingerprint density at radius 3 is 2.32 bits per heavy atom. The maximum atomic E-state index is 12.5. The van der Waals surface area contributed by atoms with Crippen molar-refractivity contribution >= 4 is 27.5 Å². The normalized spacial score (nSPS) is 20.5. The Bertz CT molecular complexity index is 783. The first-order valence-corrected chi connectivity index (χ1v) is 12.3. The number of nitrogens with zero attached hydrogens (tertiary/aromatic N) is 1. The zero-order valence-electron chi connectivity index (χ0n) is 16.3. The molecule has 0 atom stereocenters. The summed E-state index contributed by atoms with van der Waals surface area (Å²) in [6.07, 6.45) is 9.26. The number of ether oxygens (including phenoxy) is 1. The van der Waals surface area contributed by atoms with Crippen LogP contribution in [-0.2, 0) is 10.0 Å². The summed E-state index contributed by atoms with van der Waals surface area (Å²) in [5, 5.41) is 3.52. The minimum absolute atomic E-state index is 0.0823. The van der Waals surface area contributed by atoms with Gasteiger partial charge in [0.2, 0.25) is 10.0 Å². The summed E-state index contributed by atoms with van der Waals surface area (Å²) >= 11 is 6.35. The number of piperidine rings is 1. The highest BCUT2D eigenvalue weighted by Gasteiger charge is 2.26. The van der Waals surface area contributed by atoms with Gasteiger partial charge in [0, 0.05) is 24.7 Å². The smallest absolute Gasteiger partial charge is 0.251 e. The first-order valence-electron chi connectivity index (χ1n) is 10.0. The highest BCUT2D eigenvalue weighted by atomic mass is 35.5. The largest absolute Gasteiger partial charge is 0.489 e. The summed E-state index contributed by atoms with van der Waals surface area (Å²) in [4.78, 5) is 12.5. The molecule has 6 nitrogen and oxygen atoms in total. The van der Waals surface area contributed by atoms with Crippen LogP contribution >= 0.6 is 11.6 Å². The quantitative estimate of drug-likeness (QED) is 0.727. The van der Waals surface area contributed by atoms with Gasteiger partial charge in [0.25, 0.3) is 5.91 Å². The fraction of sp³-hybridized carbons (Fsp3) is 0.650. The second-order valence-corrected chi connectivity index (χ2v) is 10.2. The summed E-state index contributed by atoms with van der Waals surface area (Å²) in [7, 11) is -3.15. The van der Waals surface area contributed by atoms with Crippen molar-refractivity contribution in [2.24, 2.45) is 0 Å². The lowest BCUT2D eigenvalue weighted by Crippen LogP contribution is -2.41. The minimum atomic E-state index is -3.15. The van der Waals surface area contributed by atoms with Gasteiger partial charge >= 0.3 is 0 Å². The van der Waals surface area contributed by atoms with Gasteiger partial charge in [-0.2, -0.15) is 0 Å². The Balaban J connectivity index is 1.56. The van der Waals surface area contributed by atoms with E-state index in [4.69, 9.17) is 16.3 Å². The molecule has 1 heterocycles. The van der Waals surface area contributed by atoms with Gasteiger partial charge in [-0.1, -0.05) is 37.3 Å². The SMILES string of the molecule is CS(=O)(=O)N1CCC(Oc2ccc(C(=O)NC3CCCCCC3)cc2Cl)CC1. The summed E-state index contributed by atoms with van der Waals surface area (Å²) in [5.74, 6) is 0.437. The molecule has 1 N–H and O–H groups in total. The first-order chi connectivity index (χ1) is 13.3. The van der Waals surface area contributed by atoms with E-state index in [1.54, 1.807) is 18.2 Å². The second-order valence-electron chi connectivity index (χ2n) is 7.79. The van der Waals surface area contributed by atoms with Gasteiger partial charge < -0.3 is 10.1 Å². The number of hydrogen-bond acceptors (Lipinski definition) is 4. The number of amides is 1. The molecule has 2 fully saturated rings. The third-order valence-electron chi connectivity index (χ3n) is 5.55. The van der Waals surface area contributed by atoms with Gasteiger partial charge in [-0.25, -0.2) is 12.7 Å². The molecule has 2 aliphatic rings. The Morgan fingerprint density at radius 1 is 1.11 bits per heavy atom. The number of rotatable bonds is 5. The van der Waals surface area contributed by atoms with E-state index in [-0.39, 0.29) is 18.1 Å². The van der Waals surface area contributed by atoms with Gasteiger partial charge in [-0.05, 0) is 43.9 Å². The average Bonchev–Trinajstić information content (AvgIpc) is 2.91. The molecule has 0 radical (unpaired) electrons. The van der Waals surface area contributed by atoms with Gasteiger partial charge in [0.05, 0.1) is 11.3 Å². The Kier molecular flexibility index (Phi) is 7.23. The van der Waals surface area contributed by atoms with Crippen LogP contribution in [-0.4, -0.2) is 50.1 Å². The number of carbonyl (C=O) groups is 1. The zero-order valence-corrected chi connectivity index (χ0v) is 17.9. The molecule has 1 saturated heterocycles. The Labute approximate surface area is 172 Å². The van der Waals surface area contributed by atoms with Crippen LogP contribution in [0.1, 0.15) is 61.7 Å². The number of benzene rings is 1. The fourth-order valence-electron chi connectivity index (χ4n) is 3.89. The zero-order chi connectivity index (χ0) is 20.1. The molecule has 0 aromatic heterocycles. The number of hydrogen-bond donors (Lipinski definition) is 1. The van der Waals surface area contributed by atoms with Gasteiger partial charge in [-0.3, -0.25) is 4.79 Å².